The molecular weight excluding hydrogens is 460 g/mol. The van der Waals surface area contributed by atoms with Gasteiger partial charge in [-0.1, -0.05) is 67.4 Å². The summed E-state index contributed by atoms with van der Waals surface area (Å²) in [5.41, 5.74) is 12.4. The van der Waals surface area contributed by atoms with Crippen LogP contribution < -0.4 is 4.90 Å². The van der Waals surface area contributed by atoms with E-state index in [2.05, 4.69) is 146 Å². The number of aromatic nitrogens is 1. The molecule has 0 N–H and O–H groups in total. The molecule has 0 aliphatic heterocycles. The van der Waals surface area contributed by atoms with Crippen molar-refractivity contribution in [3.63, 3.8) is 0 Å². The van der Waals surface area contributed by atoms with Gasteiger partial charge in [0.15, 0.2) is 0 Å². The Morgan fingerprint density at radius 2 is 1.05 bits per heavy atom. The highest BCUT2D eigenvalue weighted by Crippen LogP contribution is 2.40. The molecule has 0 atom stereocenters. The number of nitrogens with zero attached hydrogens (tertiary/aromatic N) is 2. The second kappa shape index (κ2) is 9.87. The van der Waals surface area contributed by atoms with Gasteiger partial charge >= 0.3 is 0 Å². The Bertz CT molecular complexity index is 1710. The van der Waals surface area contributed by atoms with E-state index >= 15 is 0 Å². The zero-order valence-corrected chi connectivity index (χ0v) is 22.7. The molecule has 0 radical (unpaired) electrons. The summed E-state index contributed by atoms with van der Waals surface area (Å²) in [6.07, 6.45) is 2.03. The van der Waals surface area contributed by atoms with Crippen molar-refractivity contribution in [3.8, 4) is 5.69 Å². The highest BCUT2D eigenvalue weighted by molar-refractivity contribution is 6.11. The number of hydrogen-bond donors (Lipinski definition) is 0. The van der Waals surface area contributed by atoms with Crippen molar-refractivity contribution in [3.05, 3.63) is 131 Å². The lowest BCUT2D eigenvalue weighted by molar-refractivity contribution is 1.12. The first-order valence-corrected chi connectivity index (χ1v) is 13.7. The molecule has 38 heavy (non-hydrogen) atoms. The van der Waals surface area contributed by atoms with E-state index in [9.17, 15) is 0 Å². The number of rotatable bonds is 6. The fourth-order valence-corrected chi connectivity index (χ4v) is 5.51. The zero-order chi connectivity index (χ0) is 26.2. The molecule has 5 aromatic carbocycles. The molecule has 6 rings (SSSR count). The molecule has 0 spiro atoms. The van der Waals surface area contributed by atoms with Crippen LogP contribution in [0.15, 0.2) is 109 Å². The number of benzene rings is 5. The van der Waals surface area contributed by atoms with Gasteiger partial charge in [0.05, 0.1) is 11.0 Å². The smallest absolute Gasteiger partial charge is 0.0542 e. The molecular formula is C36H34N2. The standard InChI is InChI=1S/C36H34N2/c1-5-27-9-7-11-30(22-27)37(31-12-8-10-28(6-2)23-31)32-18-20-36-34(24-32)33-21-26(4)15-19-35(33)38(36)29-16-13-25(3)14-17-29/h7-24H,5-6H2,1-4H3. The fourth-order valence-electron chi connectivity index (χ4n) is 5.51. The zero-order valence-electron chi connectivity index (χ0n) is 22.7. The predicted octanol–water partition coefficient (Wildman–Crippen LogP) is 10.00. The first-order chi connectivity index (χ1) is 18.6. The third-order valence-electron chi connectivity index (χ3n) is 7.61. The van der Waals surface area contributed by atoms with Crippen LogP contribution in [0.3, 0.4) is 0 Å². The van der Waals surface area contributed by atoms with E-state index in [4.69, 9.17) is 0 Å². The lowest BCUT2D eigenvalue weighted by Crippen LogP contribution is -2.10. The fraction of sp³-hybridized carbons (Fsp3) is 0.167. The molecule has 1 aromatic heterocycles. The van der Waals surface area contributed by atoms with Gasteiger partial charge in [0.25, 0.3) is 0 Å². The maximum atomic E-state index is 2.41. The Morgan fingerprint density at radius 1 is 0.526 bits per heavy atom. The summed E-state index contributed by atoms with van der Waals surface area (Å²) in [6.45, 7) is 8.75. The maximum absolute atomic E-state index is 2.41. The summed E-state index contributed by atoms with van der Waals surface area (Å²) in [7, 11) is 0. The number of hydrogen-bond acceptors (Lipinski definition) is 1. The third kappa shape index (κ3) is 4.26. The van der Waals surface area contributed by atoms with Gasteiger partial charge in [0.2, 0.25) is 0 Å². The molecule has 2 nitrogen and oxygen atoms in total. The maximum Gasteiger partial charge on any atom is 0.0542 e. The van der Waals surface area contributed by atoms with Crippen LogP contribution >= 0.6 is 0 Å². The summed E-state index contributed by atoms with van der Waals surface area (Å²) >= 11 is 0. The molecule has 0 unspecified atom stereocenters. The van der Waals surface area contributed by atoms with Crippen molar-refractivity contribution in [1.29, 1.82) is 0 Å². The van der Waals surface area contributed by atoms with Gasteiger partial charge in [-0.2, -0.15) is 0 Å². The quantitative estimate of drug-likeness (QED) is 0.224. The molecule has 6 aromatic rings. The van der Waals surface area contributed by atoms with Gasteiger partial charge in [0, 0.05) is 33.5 Å². The first kappa shape index (κ1) is 24.1. The number of fused-ring (bicyclic) bond motifs is 3. The average molecular weight is 495 g/mol. The Balaban J connectivity index is 1.62. The Kier molecular flexibility index (Phi) is 6.25. The van der Waals surface area contributed by atoms with Crippen molar-refractivity contribution in [2.75, 3.05) is 4.90 Å². The minimum atomic E-state index is 1.01. The van der Waals surface area contributed by atoms with E-state index in [0.717, 1.165) is 12.8 Å². The van der Waals surface area contributed by atoms with Crippen LogP contribution in [0.4, 0.5) is 17.1 Å². The molecule has 0 saturated heterocycles. The third-order valence-corrected chi connectivity index (χ3v) is 7.61. The summed E-state index contributed by atoms with van der Waals surface area (Å²) in [4.78, 5) is 2.41. The molecule has 2 heteroatoms. The normalized spacial score (nSPS) is 11.4. The molecule has 0 aliphatic rings. The topological polar surface area (TPSA) is 8.17 Å². The van der Waals surface area contributed by atoms with Crippen LogP contribution in [0.25, 0.3) is 27.5 Å². The van der Waals surface area contributed by atoms with E-state index in [-0.39, 0.29) is 0 Å². The van der Waals surface area contributed by atoms with E-state index in [0.29, 0.717) is 0 Å². The molecule has 0 bridgehead atoms. The first-order valence-electron chi connectivity index (χ1n) is 13.7. The van der Waals surface area contributed by atoms with E-state index < -0.39 is 0 Å². The molecule has 1 heterocycles. The van der Waals surface area contributed by atoms with Crippen molar-refractivity contribution < 1.29 is 0 Å². The van der Waals surface area contributed by atoms with Crippen LogP contribution in [0.2, 0.25) is 0 Å². The molecule has 0 saturated carbocycles. The Labute approximate surface area is 225 Å². The van der Waals surface area contributed by atoms with E-state index in [1.807, 2.05) is 0 Å². The molecule has 0 fully saturated rings. The molecule has 188 valence electrons. The van der Waals surface area contributed by atoms with Gasteiger partial charge in [-0.05, 0) is 105 Å². The van der Waals surface area contributed by atoms with Crippen LogP contribution in [-0.4, -0.2) is 4.57 Å². The minimum Gasteiger partial charge on any atom is -0.310 e. The Hall–Kier alpha value is -4.30. The molecule has 0 amide bonds. The minimum absolute atomic E-state index is 1.01. The monoisotopic (exact) mass is 494 g/mol. The van der Waals surface area contributed by atoms with Crippen LogP contribution in [0.1, 0.15) is 36.1 Å². The largest absolute Gasteiger partial charge is 0.310 e. The summed E-state index contributed by atoms with van der Waals surface area (Å²) in [6, 6.07) is 40.4. The highest BCUT2D eigenvalue weighted by Gasteiger charge is 2.18. The second-order valence-corrected chi connectivity index (χ2v) is 10.3. The molecule has 0 aliphatic carbocycles. The van der Waals surface area contributed by atoms with Crippen molar-refractivity contribution in [1.82, 2.24) is 4.57 Å². The summed E-state index contributed by atoms with van der Waals surface area (Å²) < 4.78 is 2.40. The van der Waals surface area contributed by atoms with E-state index in [1.54, 1.807) is 0 Å². The lowest BCUT2D eigenvalue weighted by Gasteiger charge is -2.26. The summed E-state index contributed by atoms with van der Waals surface area (Å²) in [5, 5.41) is 2.55. The van der Waals surface area contributed by atoms with Gasteiger partial charge in [-0.25, -0.2) is 0 Å². The van der Waals surface area contributed by atoms with Crippen LogP contribution in [0, 0.1) is 13.8 Å². The van der Waals surface area contributed by atoms with Gasteiger partial charge in [-0.15, -0.1) is 0 Å². The van der Waals surface area contributed by atoms with E-state index in [1.165, 1.54) is 66.8 Å². The Morgan fingerprint density at radius 3 is 1.66 bits per heavy atom. The second-order valence-electron chi connectivity index (χ2n) is 10.3. The predicted molar refractivity (Wildman–Crippen MR) is 164 cm³/mol. The highest BCUT2D eigenvalue weighted by atomic mass is 15.1. The van der Waals surface area contributed by atoms with Gasteiger partial charge in [0.1, 0.15) is 0 Å². The van der Waals surface area contributed by atoms with Crippen molar-refractivity contribution >= 4 is 38.9 Å². The number of aryl methyl sites for hydroxylation is 4. The lowest BCUT2D eigenvalue weighted by atomic mass is 10.1. The summed E-state index contributed by atoms with van der Waals surface area (Å²) in [5.74, 6) is 0. The van der Waals surface area contributed by atoms with Crippen molar-refractivity contribution in [2.45, 2.75) is 40.5 Å². The van der Waals surface area contributed by atoms with Crippen LogP contribution in [0.5, 0.6) is 0 Å². The van der Waals surface area contributed by atoms with Crippen molar-refractivity contribution in [2.24, 2.45) is 0 Å². The van der Waals surface area contributed by atoms with Gasteiger partial charge < -0.3 is 9.47 Å². The number of anilines is 3. The van der Waals surface area contributed by atoms with Gasteiger partial charge in [-0.3, -0.25) is 0 Å². The van der Waals surface area contributed by atoms with Crippen LogP contribution in [-0.2, 0) is 12.8 Å². The SMILES string of the molecule is CCc1cccc(N(c2cccc(CC)c2)c2ccc3c(c2)c2cc(C)ccc2n3-c2ccc(C)cc2)c1. The average Bonchev–Trinajstić information content (AvgIpc) is 3.27.